The number of rotatable bonds is 2. The lowest BCUT2D eigenvalue weighted by Crippen LogP contribution is -2.39. The van der Waals surface area contributed by atoms with Crippen molar-refractivity contribution in [1.82, 2.24) is 25.0 Å². The number of aromatic nitrogens is 3. The first-order chi connectivity index (χ1) is 12.5. The van der Waals surface area contributed by atoms with E-state index in [1.165, 1.54) is 12.1 Å². The van der Waals surface area contributed by atoms with Crippen molar-refractivity contribution in [2.45, 2.75) is 38.8 Å². The smallest absolute Gasteiger partial charge is 0.255 e. The Balaban J connectivity index is 1.46. The molecule has 138 valence electrons. The number of likely N-dealkylation sites (tertiary alicyclic amines) is 1. The SMILES string of the molecule is Cc1cc(C(=O)N2CCC(c3nnc4n3CCNC4)CC2)c(Cl)cc1F. The fourth-order valence-electron chi connectivity index (χ4n) is 3.75. The molecule has 1 N–H and O–H groups in total. The Morgan fingerprint density at radius 2 is 2.04 bits per heavy atom. The van der Waals surface area contributed by atoms with Gasteiger partial charge in [0.25, 0.3) is 5.91 Å². The molecular formula is C18H21ClFN5O. The molecule has 2 aromatic rings. The van der Waals surface area contributed by atoms with E-state index in [4.69, 9.17) is 11.6 Å². The molecule has 1 fully saturated rings. The Kier molecular flexibility index (Phi) is 4.67. The van der Waals surface area contributed by atoms with Crippen LogP contribution in [0.25, 0.3) is 0 Å². The average Bonchev–Trinajstić information content (AvgIpc) is 3.08. The molecule has 0 aliphatic carbocycles. The fraction of sp³-hybridized carbons (Fsp3) is 0.500. The van der Waals surface area contributed by atoms with Gasteiger partial charge in [0.05, 0.1) is 17.1 Å². The highest BCUT2D eigenvalue weighted by Gasteiger charge is 2.30. The van der Waals surface area contributed by atoms with Crippen LogP contribution in [-0.4, -0.2) is 45.2 Å². The Bertz CT molecular complexity index is 844. The van der Waals surface area contributed by atoms with Crippen molar-refractivity contribution in [3.63, 3.8) is 0 Å². The highest BCUT2D eigenvalue weighted by atomic mass is 35.5. The van der Waals surface area contributed by atoms with Gasteiger partial charge in [-0.1, -0.05) is 11.6 Å². The van der Waals surface area contributed by atoms with Gasteiger partial charge in [-0.05, 0) is 37.5 Å². The van der Waals surface area contributed by atoms with E-state index in [0.29, 0.717) is 30.1 Å². The third-order valence-electron chi connectivity index (χ3n) is 5.28. The van der Waals surface area contributed by atoms with Gasteiger partial charge in [-0.15, -0.1) is 10.2 Å². The van der Waals surface area contributed by atoms with Crippen molar-refractivity contribution in [1.29, 1.82) is 0 Å². The zero-order chi connectivity index (χ0) is 18.3. The van der Waals surface area contributed by atoms with Crippen molar-refractivity contribution in [3.05, 3.63) is 45.7 Å². The molecule has 0 unspecified atom stereocenters. The average molecular weight is 378 g/mol. The number of amides is 1. The molecule has 0 bridgehead atoms. The topological polar surface area (TPSA) is 63.1 Å². The minimum Gasteiger partial charge on any atom is -0.339 e. The first-order valence-corrected chi connectivity index (χ1v) is 9.30. The van der Waals surface area contributed by atoms with Gasteiger partial charge < -0.3 is 14.8 Å². The molecule has 1 saturated heterocycles. The number of aryl methyl sites for hydroxylation is 1. The molecule has 0 radical (unpaired) electrons. The lowest BCUT2D eigenvalue weighted by atomic mass is 9.95. The number of fused-ring (bicyclic) bond motifs is 1. The van der Waals surface area contributed by atoms with E-state index in [1.807, 2.05) is 0 Å². The zero-order valence-corrected chi connectivity index (χ0v) is 15.4. The van der Waals surface area contributed by atoms with Crippen LogP contribution in [0.3, 0.4) is 0 Å². The first-order valence-electron chi connectivity index (χ1n) is 8.92. The van der Waals surface area contributed by atoms with E-state index in [2.05, 4.69) is 20.1 Å². The maximum Gasteiger partial charge on any atom is 0.255 e. The van der Waals surface area contributed by atoms with Gasteiger partial charge in [-0.2, -0.15) is 0 Å². The quantitative estimate of drug-likeness (QED) is 0.873. The summed E-state index contributed by atoms with van der Waals surface area (Å²) in [6.07, 6.45) is 1.68. The fourth-order valence-corrected chi connectivity index (χ4v) is 3.98. The number of carbonyl (C=O) groups excluding carboxylic acids is 1. The molecule has 1 amide bonds. The van der Waals surface area contributed by atoms with Gasteiger partial charge in [-0.3, -0.25) is 4.79 Å². The summed E-state index contributed by atoms with van der Waals surface area (Å²) in [7, 11) is 0. The summed E-state index contributed by atoms with van der Waals surface area (Å²) >= 11 is 6.09. The summed E-state index contributed by atoms with van der Waals surface area (Å²) in [6.45, 7) is 5.48. The Morgan fingerprint density at radius 1 is 1.27 bits per heavy atom. The van der Waals surface area contributed by atoms with Gasteiger partial charge in [0.15, 0.2) is 0 Å². The molecule has 8 heteroatoms. The molecule has 6 nitrogen and oxygen atoms in total. The van der Waals surface area contributed by atoms with Crippen LogP contribution in [0.4, 0.5) is 4.39 Å². The van der Waals surface area contributed by atoms with Gasteiger partial charge >= 0.3 is 0 Å². The van der Waals surface area contributed by atoms with E-state index in [9.17, 15) is 9.18 Å². The van der Waals surface area contributed by atoms with Crippen LogP contribution in [0.2, 0.25) is 5.02 Å². The molecule has 2 aliphatic heterocycles. The molecule has 0 spiro atoms. The minimum absolute atomic E-state index is 0.135. The van der Waals surface area contributed by atoms with Crippen LogP contribution in [0.5, 0.6) is 0 Å². The Morgan fingerprint density at radius 3 is 2.81 bits per heavy atom. The normalized spacial score (nSPS) is 18.0. The van der Waals surface area contributed by atoms with Gasteiger partial charge in [0, 0.05) is 32.1 Å². The highest BCUT2D eigenvalue weighted by Crippen LogP contribution is 2.30. The molecule has 26 heavy (non-hydrogen) atoms. The van der Waals surface area contributed by atoms with E-state index in [0.717, 1.165) is 44.1 Å². The summed E-state index contributed by atoms with van der Waals surface area (Å²) < 4.78 is 15.8. The van der Waals surface area contributed by atoms with E-state index in [-0.39, 0.29) is 10.9 Å². The number of nitrogens with zero attached hydrogens (tertiary/aromatic N) is 4. The lowest BCUT2D eigenvalue weighted by molar-refractivity contribution is 0.0710. The summed E-state index contributed by atoms with van der Waals surface area (Å²) in [6, 6.07) is 2.75. The number of carbonyl (C=O) groups is 1. The van der Waals surface area contributed by atoms with Gasteiger partial charge in [0.1, 0.15) is 17.5 Å². The van der Waals surface area contributed by atoms with Crippen LogP contribution in [-0.2, 0) is 13.1 Å². The van der Waals surface area contributed by atoms with Crippen LogP contribution in [0.1, 0.15) is 46.3 Å². The molecular weight excluding hydrogens is 357 g/mol. The maximum absolute atomic E-state index is 13.6. The third kappa shape index (κ3) is 3.10. The van der Waals surface area contributed by atoms with Crippen LogP contribution in [0, 0.1) is 12.7 Å². The van der Waals surface area contributed by atoms with Crippen molar-refractivity contribution < 1.29 is 9.18 Å². The Hall–Kier alpha value is -1.99. The monoisotopic (exact) mass is 377 g/mol. The summed E-state index contributed by atoms with van der Waals surface area (Å²) in [5.41, 5.74) is 0.797. The summed E-state index contributed by atoms with van der Waals surface area (Å²) in [5, 5.41) is 12.1. The number of benzene rings is 1. The predicted molar refractivity (Wildman–Crippen MR) is 95.8 cm³/mol. The maximum atomic E-state index is 13.6. The predicted octanol–water partition coefficient (Wildman–Crippen LogP) is 2.50. The van der Waals surface area contributed by atoms with E-state index < -0.39 is 5.82 Å². The van der Waals surface area contributed by atoms with Crippen LogP contribution < -0.4 is 5.32 Å². The second-order valence-corrected chi connectivity index (χ2v) is 7.36. The van der Waals surface area contributed by atoms with Crippen molar-refractivity contribution >= 4 is 17.5 Å². The molecule has 2 aliphatic rings. The molecule has 0 atom stereocenters. The van der Waals surface area contributed by atoms with Gasteiger partial charge in [-0.25, -0.2) is 4.39 Å². The second-order valence-electron chi connectivity index (χ2n) is 6.95. The molecule has 4 rings (SSSR count). The second kappa shape index (κ2) is 6.96. The third-order valence-corrected chi connectivity index (χ3v) is 5.59. The highest BCUT2D eigenvalue weighted by molar-refractivity contribution is 6.33. The van der Waals surface area contributed by atoms with Crippen molar-refractivity contribution in [2.24, 2.45) is 0 Å². The molecule has 1 aromatic carbocycles. The standard InChI is InChI=1S/C18H21ClFN5O/c1-11-8-13(14(19)9-15(11)20)18(26)24-5-2-12(3-6-24)17-23-22-16-10-21-4-7-25(16)17/h8-9,12,21H,2-7,10H2,1H3. The largest absolute Gasteiger partial charge is 0.339 e. The van der Waals surface area contributed by atoms with Crippen LogP contribution in [0.15, 0.2) is 12.1 Å². The van der Waals surface area contributed by atoms with E-state index >= 15 is 0 Å². The number of piperidine rings is 1. The van der Waals surface area contributed by atoms with Gasteiger partial charge in [0.2, 0.25) is 0 Å². The lowest BCUT2D eigenvalue weighted by Gasteiger charge is -2.32. The molecule has 3 heterocycles. The number of hydrogen-bond donors (Lipinski definition) is 1. The molecule has 0 saturated carbocycles. The molecule has 1 aromatic heterocycles. The van der Waals surface area contributed by atoms with Crippen LogP contribution >= 0.6 is 11.6 Å². The zero-order valence-electron chi connectivity index (χ0n) is 14.6. The summed E-state index contributed by atoms with van der Waals surface area (Å²) in [5.74, 6) is 1.80. The van der Waals surface area contributed by atoms with Crippen molar-refractivity contribution in [3.8, 4) is 0 Å². The summed E-state index contributed by atoms with van der Waals surface area (Å²) in [4.78, 5) is 14.6. The number of halogens is 2. The minimum atomic E-state index is -0.392. The number of nitrogens with one attached hydrogen (secondary N) is 1. The number of hydrogen-bond acceptors (Lipinski definition) is 4. The Labute approximate surface area is 156 Å². The van der Waals surface area contributed by atoms with Crippen molar-refractivity contribution in [2.75, 3.05) is 19.6 Å². The first kappa shape index (κ1) is 17.4. The van der Waals surface area contributed by atoms with E-state index in [1.54, 1.807) is 11.8 Å².